The van der Waals surface area contributed by atoms with E-state index in [9.17, 15) is 0 Å². The van der Waals surface area contributed by atoms with Crippen LogP contribution in [0.3, 0.4) is 0 Å². The summed E-state index contributed by atoms with van der Waals surface area (Å²) >= 11 is 0. The summed E-state index contributed by atoms with van der Waals surface area (Å²) in [6.45, 7) is 1.57. The van der Waals surface area contributed by atoms with Crippen molar-refractivity contribution in [3.8, 4) is 0 Å². The molecule has 2 nitrogen and oxygen atoms in total. The van der Waals surface area contributed by atoms with Crippen molar-refractivity contribution >= 4 is 23.1 Å². The molecule has 0 amide bonds. The molecule has 0 heterocycles. The van der Waals surface area contributed by atoms with Gasteiger partial charge < -0.3 is 23.0 Å². The van der Waals surface area contributed by atoms with Crippen molar-refractivity contribution in [3.63, 3.8) is 0 Å². The van der Waals surface area contributed by atoms with Gasteiger partial charge in [-0.3, -0.25) is 0 Å². The van der Waals surface area contributed by atoms with E-state index in [1.54, 1.807) is 6.92 Å². The molecular weight excluding hydrogens is 116 g/mol. The van der Waals surface area contributed by atoms with E-state index in [0.717, 1.165) is 0 Å². The fourth-order valence-corrected chi connectivity index (χ4v) is 0. The van der Waals surface area contributed by atoms with Gasteiger partial charge in [0, 0.05) is 0 Å². The average Bonchev–Trinajstić information content (AvgIpc) is 0.918. The van der Waals surface area contributed by atoms with Crippen LogP contribution in [0.5, 0.6) is 0 Å². The predicted octanol–water partition coefficient (Wildman–Crippen LogP) is -4.83. The van der Waals surface area contributed by atoms with Crippen LogP contribution < -0.4 is 17.5 Å². The Labute approximate surface area is 59.8 Å². The topological polar surface area (TPSA) is 54.6 Å². The smallest absolute Gasteiger partial charge is 1.00 e. The molecule has 0 fully saturated rings. The molecule has 0 spiro atoms. The number of rotatable bonds is 0. The molecule has 2 N–H and O–H groups in total. The molecule has 0 aliphatic heterocycles. The van der Waals surface area contributed by atoms with Gasteiger partial charge in [0.05, 0.1) is 0 Å². The Morgan fingerprint density at radius 3 is 1.50 bits per heavy atom. The molecule has 0 unspecified atom stereocenters. The van der Waals surface area contributed by atoms with Crippen molar-refractivity contribution in [2.45, 2.75) is 6.92 Å². The summed E-state index contributed by atoms with van der Waals surface area (Å²) in [5.41, 5.74) is 0. The predicted molar refractivity (Wildman–Crippen MR) is 19.9 cm³/mol. The minimum atomic E-state index is 0. The zero-order chi connectivity index (χ0) is 2.71. The minimum Gasteiger partial charge on any atom is -1.00 e. The molecule has 4 heteroatoms. The Bertz CT molecular complexity index is 11.5. The summed E-state index contributed by atoms with van der Waals surface area (Å²) in [5, 5.41) is 8.93. The second-order valence-electron chi connectivity index (χ2n) is 0.289. The molecule has 0 rings (SSSR count). The van der Waals surface area contributed by atoms with Gasteiger partial charge in [0.15, 0.2) is 0 Å². The first-order valence-electron chi connectivity index (χ1n) is 0.996. The van der Waals surface area contributed by atoms with Crippen LogP contribution >= 0.6 is 0 Å². The number of hydrogen-bond donors (Lipinski definition) is 0. The van der Waals surface area contributed by atoms with E-state index in [2.05, 4.69) is 0 Å². The maximum atomic E-state index is 8.93. The third kappa shape index (κ3) is 82.6. The number of halogens is 1. The van der Waals surface area contributed by atoms with Gasteiger partial charge in [-0.25, -0.2) is 0 Å². The minimum absolute atomic E-state index is 0. The fraction of sp³-hybridized carbons (Fsp3) is 1.00. The normalized spacial score (nSPS) is 3.00. The van der Waals surface area contributed by atoms with Gasteiger partial charge in [-0.15, -0.1) is 6.61 Å². The molecule has 0 bridgehead atoms. The third-order valence-electron chi connectivity index (χ3n) is 0. The second kappa shape index (κ2) is 37.9. The van der Waals surface area contributed by atoms with Crippen molar-refractivity contribution in [3.05, 3.63) is 0 Å². The maximum Gasteiger partial charge on any atom is 2.00 e. The summed E-state index contributed by atoms with van der Waals surface area (Å²) in [4.78, 5) is 0. The molecule has 0 atom stereocenters. The monoisotopic (exact) mass is 122 g/mol. The average molecular weight is 123 g/mol. The summed E-state index contributed by atoms with van der Waals surface area (Å²) in [7, 11) is 0. The second-order valence-corrected chi connectivity index (χ2v) is 0.289. The molecule has 0 aromatic carbocycles. The largest absolute Gasteiger partial charge is 2.00 e. The van der Waals surface area contributed by atoms with Crippen LogP contribution in [-0.4, -0.2) is 35.1 Å². The van der Waals surface area contributed by atoms with Crippen molar-refractivity contribution < 1.29 is 23.0 Å². The van der Waals surface area contributed by atoms with Crippen LogP contribution in [0, 0.1) is 0 Å². The summed E-state index contributed by atoms with van der Waals surface area (Å²) in [6, 6.07) is 0. The van der Waals surface area contributed by atoms with Crippen LogP contribution in [0.25, 0.3) is 0 Å². The van der Waals surface area contributed by atoms with E-state index in [1.807, 2.05) is 0 Å². The molecule has 0 aromatic rings. The summed E-state index contributed by atoms with van der Waals surface area (Å²) in [5.74, 6) is 0. The van der Waals surface area contributed by atoms with Gasteiger partial charge in [-0.2, -0.15) is 0 Å². The summed E-state index contributed by atoms with van der Waals surface area (Å²) < 4.78 is 0. The van der Waals surface area contributed by atoms with Crippen molar-refractivity contribution in [2.24, 2.45) is 0 Å². The molecule has 0 aliphatic carbocycles. The standard InChI is InChI=1S/C2H5O.ClH.Mg.H2O/c1-2-3;;;/h2H2,1H3;1H;;1H2/q-1;;+2;/p-1. The van der Waals surface area contributed by atoms with Crippen LogP contribution in [0.4, 0.5) is 0 Å². The van der Waals surface area contributed by atoms with Gasteiger partial charge in [-0.1, -0.05) is 6.92 Å². The van der Waals surface area contributed by atoms with Crippen LogP contribution in [0.1, 0.15) is 6.92 Å². The molecule has 0 aromatic heterocycles. The molecule has 0 aliphatic rings. The SMILES string of the molecule is CC[O-].O.[Cl-].[Mg+2]. The zero-order valence-electron chi connectivity index (χ0n) is 3.70. The van der Waals surface area contributed by atoms with E-state index in [4.69, 9.17) is 5.11 Å². The first kappa shape index (κ1) is 28.1. The van der Waals surface area contributed by atoms with E-state index in [0.29, 0.717) is 0 Å². The van der Waals surface area contributed by atoms with Gasteiger partial charge >= 0.3 is 23.1 Å². The molecule has 36 valence electrons. The van der Waals surface area contributed by atoms with E-state index in [1.165, 1.54) is 0 Å². The molecule has 0 saturated heterocycles. The Balaban J connectivity index is -0.00000000667. The van der Waals surface area contributed by atoms with Crippen LogP contribution in [0.2, 0.25) is 0 Å². The van der Waals surface area contributed by atoms with Gasteiger partial charge in [0.2, 0.25) is 0 Å². The molecular formula is C2H7ClMgO2. The maximum absolute atomic E-state index is 8.93. The Kier molecular flexibility index (Phi) is 178. The zero-order valence-corrected chi connectivity index (χ0v) is 5.87. The van der Waals surface area contributed by atoms with Crippen LogP contribution in [0.15, 0.2) is 0 Å². The third-order valence-corrected chi connectivity index (χ3v) is 0. The van der Waals surface area contributed by atoms with E-state index >= 15 is 0 Å². The molecule has 0 radical (unpaired) electrons. The van der Waals surface area contributed by atoms with Crippen molar-refractivity contribution in [1.82, 2.24) is 0 Å². The van der Waals surface area contributed by atoms with E-state index in [-0.39, 0.29) is 47.5 Å². The van der Waals surface area contributed by atoms with Gasteiger partial charge in [0.25, 0.3) is 0 Å². The number of hydrogen-bond acceptors (Lipinski definition) is 1. The first-order chi connectivity index (χ1) is 1.41. The molecule has 6 heavy (non-hydrogen) atoms. The van der Waals surface area contributed by atoms with Crippen molar-refractivity contribution in [2.75, 3.05) is 6.61 Å². The van der Waals surface area contributed by atoms with E-state index < -0.39 is 0 Å². The molecule has 0 saturated carbocycles. The van der Waals surface area contributed by atoms with Gasteiger partial charge in [-0.05, 0) is 0 Å². The summed E-state index contributed by atoms with van der Waals surface area (Å²) in [6.07, 6.45) is 0. The Morgan fingerprint density at radius 1 is 1.50 bits per heavy atom. The van der Waals surface area contributed by atoms with Crippen LogP contribution in [-0.2, 0) is 0 Å². The Morgan fingerprint density at radius 2 is 1.50 bits per heavy atom. The fourth-order valence-electron chi connectivity index (χ4n) is 0. The van der Waals surface area contributed by atoms with Crippen molar-refractivity contribution in [1.29, 1.82) is 0 Å². The van der Waals surface area contributed by atoms with Gasteiger partial charge in [0.1, 0.15) is 0 Å². The Hall–Kier alpha value is 0.976. The first-order valence-corrected chi connectivity index (χ1v) is 0.996. The quantitative estimate of drug-likeness (QED) is 0.298.